The number of hydrogen-bond donors (Lipinski definition) is 2. The summed E-state index contributed by atoms with van der Waals surface area (Å²) in [6, 6.07) is 0. The van der Waals surface area contributed by atoms with Crippen molar-refractivity contribution in [2.75, 3.05) is 0 Å². The van der Waals surface area contributed by atoms with Gasteiger partial charge in [-0.3, -0.25) is 14.4 Å². The summed E-state index contributed by atoms with van der Waals surface area (Å²) in [5.41, 5.74) is -0.786. The third kappa shape index (κ3) is 6.94. The molecule has 0 bridgehead atoms. The van der Waals surface area contributed by atoms with Crippen molar-refractivity contribution in [2.45, 2.75) is 65.2 Å². The van der Waals surface area contributed by atoms with Crippen molar-refractivity contribution < 1.29 is 24.6 Å². The molecule has 0 radical (unpaired) electrons. The Kier molecular flexibility index (Phi) is 8.03. The van der Waals surface area contributed by atoms with Gasteiger partial charge < -0.3 is 10.2 Å². The summed E-state index contributed by atoms with van der Waals surface area (Å²) in [6.07, 6.45) is 3.66. The molecule has 0 aliphatic heterocycles. The fourth-order valence-electron chi connectivity index (χ4n) is 2.31. The summed E-state index contributed by atoms with van der Waals surface area (Å²) in [5, 5.41) is 17.6. The zero-order chi connectivity index (χ0) is 14.9. The molecule has 0 fully saturated rings. The Morgan fingerprint density at radius 2 is 1.37 bits per heavy atom. The predicted molar refractivity (Wildman–Crippen MR) is 71.0 cm³/mol. The maximum atomic E-state index is 11.9. The minimum atomic E-state index is -0.948. The van der Waals surface area contributed by atoms with Crippen LogP contribution in [0.1, 0.15) is 65.2 Å². The van der Waals surface area contributed by atoms with Gasteiger partial charge in [-0.1, -0.05) is 26.2 Å². The van der Waals surface area contributed by atoms with Gasteiger partial charge in [0.05, 0.1) is 0 Å². The van der Waals surface area contributed by atoms with Gasteiger partial charge in [0.1, 0.15) is 5.78 Å². The van der Waals surface area contributed by atoms with Gasteiger partial charge in [-0.25, -0.2) is 0 Å². The number of unbranched alkanes of at least 4 members (excludes halogenated alkanes) is 2. The summed E-state index contributed by atoms with van der Waals surface area (Å²) in [6.45, 7) is 3.49. The molecule has 0 aromatic heterocycles. The quantitative estimate of drug-likeness (QED) is 0.564. The molecule has 0 atom stereocenters. The number of carboxylic acid groups (broad SMARTS) is 2. The second-order valence-corrected chi connectivity index (χ2v) is 5.08. The number of carboxylic acids is 2. The third-order valence-corrected chi connectivity index (χ3v) is 3.64. The molecule has 0 aromatic carbocycles. The first-order chi connectivity index (χ1) is 8.84. The highest BCUT2D eigenvalue weighted by Gasteiger charge is 2.35. The van der Waals surface area contributed by atoms with Crippen LogP contribution in [-0.2, 0) is 14.4 Å². The number of carbonyl (C=O) groups excluding carboxylic acids is 1. The molecular formula is C14H24O5. The van der Waals surface area contributed by atoms with Crippen LogP contribution in [0.4, 0.5) is 0 Å². The van der Waals surface area contributed by atoms with E-state index >= 15 is 0 Å². The molecule has 2 N–H and O–H groups in total. The van der Waals surface area contributed by atoms with E-state index in [1.807, 2.05) is 6.92 Å². The largest absolute Gasteiger partial charge is 0.481 e. The first kappa shape index (κ1) is 17.6. The van der Waals surface area contributed by atoms with E-state index in [0.29, 0.717) is 6.42 Å². The second-order valence-electron chi connectivity index (χ2n) is 5.08. The SMILES string of the molecule is CCCCCC(CCC(=O)O)(CCC(=O)O)C(C)=O. The van der Waals surface area contributed by atoms with Crippen molar-refractivity contribution in [2.24, 2.45) is 5.41 Å². The maximum Gasteiger partial charge on any atom is 0.303 e. The molecule has 19 heavy (non-hydrogen) atoms. The minimum Gasteiger partial charge on any atom is -0.481 e. The molecule has 0 spiro atoms. The van der Waals surface area contributed by atoms with E-state index < -0.39 is 17.4 Å². The van der Waals surface area contributed by atoms with Crippen LogP contribution in [0.5, 0.6) is 0 Å². The topological polar surface area (TPSA) is 91.7 Å². The van der Waals surface area contributed by atoms with Crippen molar-refractivity contribution in [3.05, 3.63) is 0 Å². The highest BCUT2D eigenvalue weighted by Crippen LogP contribution is 2.37. The molecule has 110 valence electrons. The van der Waals surface area contributed by atoms with E-state index in [0.717, 1.165) is 19.3 Å². The fraction of sp³-hybridized carbons (Fsp3) is 0.786. The van der Waals surface area contributed by atoms with Crippen molar-refractivity contribution in [1.82, 2.24) is 0 Å². The highest BCUT2D eigenvalue weighted by atomic mass is 16.4. The molecule has 0 aromatic rings. The Labute approximate surface area is 114 Å². The van der Waals surface area contributed by atoms with E-state index in [1.165, 1.54) is 6.92 Å². The lowest BCUT2D eigenvalue weighted by atomic mass is 9.72. The first-order valence-electron chi connectivity index (χ1n) is 6.78. The van der Waals surface area contributed by atoms with Crippen molar-refractivity contribution >= 4 is 17.7 Å². The van der Waals surface area contributed by atoms with E-state index in [1.54, 1.807) is 0 Å². The van der Waals surface area contributed by atoms with E-state index in [4.69, 9.17) is 10.2 Å². The number of ketones is 1. The number of Topliss-reactive ketones (excluding diaryl/α,β-unsaturated/α-hetero) is 1. The molecule has 0 aliphatic carbocycles. The van der Waals surface area contributed by atoms with Crippen LogP contribution in [0.25, 0.3) is 0 Å². The van der Waals surface area contributed by atoms with Gasteiger partial charge >= 0.3 is 11.9 Å². The molecule has 5 heteroatoms. The molecule has 0 aliphatic rings. The summed E-state index contributed by atoms with van der Waals surface area (Å²) < 4.78 is 0. The average molecular weight is 272 g/mol. The first-order valence-corrected chi connectivity index (χ1v) is 6.78. The summed E-state index contributed by atoms with van der Waals surface area (Å²) in [4.78, 5) is 33.3. The van der Waals surface area contributed by atoms with Crippen LogP contribution >= 0.6 is 0 Å². The average Bonchev–Trinajstić information content (AvgIpc) is 2.31. The molecule has 0 saturated heterocycles. The van der Waals surface area contributed by atoms with Gasteiger partial charge in [0, 0.05) is 18.3 Å². The van der Waals surface area contributed by atoms with Crippen LogP contribution in [0.2, 0.25) is 0 Å². The lowest BCUT2D eigenvalue weighted by Gasteiger charge is -2.30. The van der Waals surface area contributed by atoms with Crippen LogP contribution < -0.4 is 0 Å². The predicted octanol–water partition coefficient (Wildman–Crippen LogP) is 2.87. The molecule has 0 heterocycles. The summed E-state index contributed by atoms with van der Waals surface area (Å²) >= 11 is 0. The molecule has 0 unspecified atom stereocenters. The number of rotatable bonds is 11. The van der Waals surface area contributed by atoms with Crippen molar-refractivity contribution in [1.29, 1.82) is 0 Å². The maximum absolute atomic E-state index is 11.9. The van der Waals surface area contributed by atoms with Crippen LogP contribution in [-0.4, -0.2) is 27.9 Å². The second kappa shape index (κ2) is 8.67. The fourth-order valence-corrected chi connectivity index (χ4v) is 2.31. The normalized spacial score (nSPS) is 11.3. The van der Waals surface area contributed by atoms with Crippen LogP contribution in [0.15, 0.2) is 0 Å². The summed E-state index contributed by atoms with van der Waals surface area (Å²) in [7, 11) is 0. The smallest absolute Gasteiger partial charge is 0.303 e. The van der Waals surface area contributed by atoms with Crippen molar-refractivity contribution in [3.8, 4) is 0 Å². The Balaban J connectivity index is 4.81. The van der Waals surface area contributed by atoms with Gasteiger partial charge in [-0.2, -0.15) is 0 Å². The van der Waals surface area contributed by atoms with Gasteiger partial charge in [0.15, 0.2) is 0 Å². The Morgan fingerprint density at radius 1 is 0.895 bits per heavy atom. The number of carbonyl (C=O) groups is 3. The van der Waals surface area contributed by atoms with Crippen molar-refractivity contribution in [3.63, 3.8) is 0 Å². The number of hydrogen-bond acceptors (Lipinski definition) is 3. The molecular weight excluding hydrogens is 248 g/mol. The monoisotopic (exact) mass is 272 g/mol. The van der Waals surface area contributed by atoms with Gasteiger partial charge in [-0.05, 0) is 26.2 Å². The van der Waals surface area contributed by atoms with Crippen LogP contribution in [0.3, 0.4) is 0 Å². The Bertz CT molecular complexity index is 304. The zero-order valence-electron chi connectivity index (χ0n) is 11.8. The highest BCUT2D eigenvalue weighted by molar-refractivity contribution is 5.83. The zero-order valence-corrected chi connectivity index (χ0v) is 11.8. The van der Waals surface area contributed by atoms with Gasteiger partial charge in [0.2, 0.25) is 0 Å². The molecule has 0 saturated carbocycles. The van der Waals surface area contributed by atoms with E-state index in [2.05, 4.69) is 0 Å². The minimum absolute atomic E-state index is 0.0916. The Hall–Kier alpha value is -1.39. The Morgan fingerprint density at radius 3 is 1.68 bits per heavy atom. The number of aliphatic carboxylic acids is 2. The van der Waals surface area contributed by atoms with E-state index in [9.17, 15) is 14.4 Å². The van der Waals surface area contributed by atoms with Gasteiger partial charge in [0.25, 0.3) is 0 Å². The van der Waals surface area contributed by atoms with Crippen LogP contribution in [0, 0.1) is 5.41 Å². The molecule has 0 amide bonds. The standard InChI is InChI=1S/C14H24O5/c1-3-4-5-8-14(11(2)15,9-6-12(16)17)10-7-13(18)19/h3-10H2,1-2H3,(H,16,17)(H,18,19). The molecule has 5 nitrogen and oxygen atoms in total. The van der Waals surface area contributed by atoms with Gasteiger partial charge in [-0.15, -0.1) is 0 Å². The molecule has 0 rings (SSSR count). The summed E-state index contributed by atoms with van der Waals surface area (Å²) in [5.74, 6) is -1.99. The lowest BCUT2D eigenvalue weighted by molar-refractivity contribution is -0.139. The van der Waals surface area contributed by atoms with E-state index in [-0.39, 0.29) is 31.5 Å². The lowest BCUT2D eigenvalue weighted by Crippen LogP contribution is -2.31. The third-order valence-electron chi connectivity index (χ3n) is 3.64.